The Balaban J connectivity index is 1.68. The van der Waals surface area contributed by atoms with Gasteiger partial charge < -0.3 is 14.7 Å². The molecule has 1 aliphatic rings. The molecule has 0 atom stereocenters. The number of piperidine rings is 1. The zero-order chi connectivity index (χ0) is 20.9. The molecule has 1 fully saturated rings. The van der Waals surface area contributed by atoms with E-state index >= 15 is 0 Å². The summed E-state index contributed by atoms with van der Waals surface area (Å²) < 4.78 is 46.1. The lowest BCUT2D eigenvalue weighted by Gasteiger charge is -2.35. The van der Waals surface area contributed by atoms with E-state index in [1.807, 2.05) is 24.3 Å². The number of ether oxygens (including phenoxy) is 1. The van der Waals surface area contributed by atoms with Gasteiger partial charge in [-0.1, -0.05) is 18.2 Å². The van der Waals surface area contributed by atoms with E-state index in [9.17, 15) is 13.2 Å². The molecule has 0 radical (unpaired) electrons. The van der Waals surface area contributed by atoms with Gasteiger partial charge in [0.1, 0.15) is 5.75 Å². The van der Waals surface area contributed by atoms with Crippen LogP contribution in [0.25, 0.3) is 0 Å². The number of anilines is 1. The van der Waals surface area contributed by atoms with E-state index in [0.717, 1.165) is 24.2 Å². The minimum Gasteiger partial charge on any atom is -0.494 e. The molecule has 0 saturated carbocycles. The van der Waals surface area contributed by atoms with Crippen LogP contribution in [-0.2, 0) is 6.18 Å². The maximum absolute atomic E-state index is 13.5. The summed E-state index contributed by atoms with van der Waals surface area (Å²) in [4.78, 5) is 1.73. The Kier molecular flexibility index (Phi) is 6.65. The second kappa shape index (κ2) is 9.19. The summed E-state index contributed by atoms with van der Waals surface area (Å²) in [6.45, 7) is 1.54. The zero-order valence-corrected chi connectivity index (χ0v) is 16.0. The molecule has 0 aromatic heterocycles. The van der Waals surface area contributed by atoms with Crippen LogP contribution in [0.1, 0.15) is 41.9 Å². The van der Waals surface area contributed by atoms with Crippen LogP contribution in [0.15, 0.2) is 42.5 Å². The minimum atomic E-state index is -4.57. The van der Waals surface area contributed by atoms with Crippen LogP contribution in [0.5, 0.6) is 5.75 Å². The first-order chi connectivity index (χ1) is 13.9. The molecule has 1 N–H and O–H groups in total. The summed E-state index contributed by atoms with van der Waals surface area (Å²) in [5, 5.41) is 17.9. The standard InChI is InChI=1S/C22H23F3N2O2/c23-22(24,25)21-18(15-26)3-1-4-20(21)27-11-9-17(10-12-27)16-5-7-19(8-6-16)29-14-2-13-28/h1,3-8,17,28H,2,9-14H2. The molecule has 1 saturated heterocycles. The van der Waals surface area contributed by atoms with Gasteiger partial charge in [-0.3, -0.25) is 0 Å². The summed E-state index contributed by atoms with van der Waals surface area (Å²) in [7, 11) is 0. The summed E-state index contributed by atoms with van der Waals surface area (Å²) in [5.41, 5.74) is 0.0443. The van der Waals surface area contributed by atoms with Gasteiger partial charge in [0, 0.05) is 26.1 Å². The number of benzene rings is 2. The Morgan fingerprint density at radius 2 is 1.79 bits per heavy atom. The van der Waals surface area contributed by atoms with Crippen molar-refractivity contribution in [3.05, 3.63) is 59.2 Å². The van der Waals surface area contributed by atoms with Crippen molar-refractivity contribution in [2.45, 2.75) is 31.4 Å². The Morgan fingerprint density at radius 1 is 1.10 bits per heavy atom. The number of nitrogens with zero attached hydrogens (tertiary/aromatic N) is 2. The highest BCUT2D eigenvalue weighted by atomic mass is 19.4. The predicted molar refractivity (Wildman–Crippen MR) is 104 cm³/mol. The van der Waals surface area contributed by atoms with Gasteiger partial charge in [-0.25, -0.2) is 0 Å². The van der Waals surface area contributed by atoms with Crippen molar-refractivity contribution >= 4 is 5.69 Å². The normalized spacial score (nSPS) is 15.2. The molecule has 2 aromatic carbocycles. The number of alkyl halides is 3. The molecule has 2 aromatic rings. The summed E-state index contributed by atoms with van der Waals surface area (Å²) in [6.07, 6.45) is -2.52. The highest BCUT2D eigenvalue weighted by Gasteiger charge is 2.38. The third kappa shape index (κ3) is 5.01. The topological polar surface area (TPSA) is 56.5 Å². The number of aliphatic hydroxyl groups excluding tert-OH is 1. The average molecular weight is 404 g/mol. The Labute approximate surface area is 168 Å². The number of nitriles is 1. The van der Waals surface area contributed by atoms with Gasteiger partial charge in [-0.05, 0) is 48.6 Å². The molecule has 0 aliphatic carbocycles. The molecule has 0 bridgehead atoms. The van der Waals surface area contributed by atoms with Crippen molar-refractivity contribution in [3.63, 3.8) is 0 Å². The van der Waals surface area contributed by atoms with Crippen LogP contribution in [0, 0.1) is 11.3 Å². The lowest BCUT2D eigenvalue weighted by Crippen LogP contribution is -2.34. The average Bonchev–Trinajstić information content (AvgIpc) is 2.73. The third-order valence-electron chi connectivity index (χ3n) is 5.20. The van der Waals surface area contributed by atoms with Crippen LogP contribution in [-0.4, -0.2) is 31.4 Å². The van der Waals surface area contributed by atoms with Crippen molar-refractivity contribution in [1.29, 1.82) is 5.26 Å². The van der Waals surface area contributed by atoms with Gasteiger partial charge >= 0.3 is 6.18 Å². The first kappa shape index (κ1) is 21.0. The second-order valence-electron chi connectivity index (χ2n) is 7.07. The fourth-order valence-electron chi connectivity index (χ4n) is 3.74. The molecule has 29 heavy (non-hydrogen) atoms. The van der Waals surface area contributed by atoms with Crippen LogP contribution >= 0.6 is 0 Å². The third-order valence-corrected chi connectivity index (χ3v) is 5.20. The largest absolute Gasteiger partial charge is 0.494 e. The van der Waals surface area contributed by atoms with Crippen molar-refractivity contribution in [2.24, 2.45) is 0 Å². The molecule has 0 amide bonds. The van der Waals surface area contributed by atoms with Gasteiger partial charge in [0.15, 0.2) is 0 Å². The van der Waals surface area contributed by atoms with Crippen molar-refractivity contribution in [2.75, 3.05) is 31.2 Å². The molecular formula is C22H23F3N2O2. The highest BCUT2D eigenvalue weighted by molar-refractivity contribution is 5.61. The van der Waals surface area contributed by atoms with Crippen molar-refractivity contribution in [3.8, 4) is 11.8 Å². The van der Waals surface area contributed by atoms with Gasteiger partial charge in [-0.2, -0.15) is 18.4 Å². The van der Waals surface area contributed by atoms with E-state index in [-0.39, 0.29) is 23.8 Å². The second-order valence-corrected chi connectivity index (χ2v) is 7.07. The molecule has 3 rings (SSSR count). The zero-order valence-electron chi connectivity index (χ0n) is 16.0. The molecule has 7 heteroatoms. The minimum absolute atomic E-state index is 0.0858. The Morgan fingerprint density at radius 3 is 2.38 bits per heavy atom. The van der Waals surface area contributed by atoms with Crippen LogP contribution in [0.2, 0.25) is 0 Å². The first-order valence-electron chi connectivity index (χ1n) is 9.63. The van der Waals surface area contributed by atoms with E-state index in [0.29, 0.717) is 26.1 Å². The molecule has 0 unspecified atom stereocenters. The smallest absolute Gasteiger partial charge is 0.419 e. The number of hydrogen-bond acceptors (Lipinski definition) is 4. The van der Waals surface area contributed by atoms with Gasteiger partial charge in [0.05, 0.1) is 29.5 Å². The molecule has 1 aliphatic heterocycles. The van der Waals surface area contributed by atoms with Gasteiger partial charge in [0.2, 0.25) is 0 Å². The first-order valence-corrected chi connectivity index (χ1v) is 9.63. The molecule has 154 valence electrons. The monoisotopic (exact) mass is 404 g/mol. The predicted octanol–water partition coefficient (Wildman–Crippen LogP) is 4.72. The van der Waals surface area contributed by atoms with Crippen molar-refractivity contribution < 1.29 is 23.0 Å². The number of aliphatic hydroxyl groups is 1. The maximum Gasteiger partial charge on any atom is 0.419 e. The van der Waals surface area contributed by atoms with E-state index in [1.165, 1.54) is 18.2 Å². The summed E-state index contributed by atoms with van der Waals surface area (Å²) in [6, 6.07) is 13.6. The van der Waals surface area contributed by atoms with Crippen LogP contribution in [0.3, 0.4) is 0 Å². The van der Waals surface area contributed by atoms with E-state index < -0.39 is 11.7 Å². The number of halogens is 3. The summed E-state index contributed by atoms with van der Waals surface area (Å²) >= 11 is 0. The molecule has 1 heterocycles. The molecular weight excluding hydrogens is 381 g/mol. The molecule has 0 spiro atoms. The lowest BCUT2D eigenvalue weighted by atomic mass is 9.89. The SMILES string of the molecule is N#Cc1cccc(N2CCC(c3ccc(OCCCO)cc3)CC2)c1C(F)(F)F. The summed E-state index contributed by atoms with van der Waals surface area (Å²) in [5.74, 6) is 1.01. The number of rotatable bonds is 6. The van der Waals surface area contributed by atoms with Crippen LogP contribution < -0.4 is 9.64 Å². The Hall–Kier alpha value is -2.72. The maximum atomic E-state index is 13.5. The van der Waals surface area contributed by atoms with E-state index in [1.54, 1.807) is 11.0 Å². The van der Waals surface area contributed by atoms with Gasteiger partial charge in [0.25, 0.3) is 0 Å². The molecule has 4 nitrogen and oxygen atoms in total. The fourth-order valence-corrected chi connectivity index (χ4v) is 3.74. The van der Waals surface area contributed by atoms with E-state index in [2.05, 4.69) is 0 Å². The quantitative estimate of drug-likeness (QED) is 0.708. The number of hydrogen-bond donors (Lipinski definition) is 1. The van der Waals surface area contributed by atoms with Gasteiger partial charge in [-0.15, -0.1) is 0 Å². The lowest BCUT2D eigenvalue weighted by molar-refractivity contribution is -0.137. The Bertz CT molecular complexity index is 852. The fraction of sp³-hybridized carbons (Fsp3) is 0.409. The van der Waals surface area contributed by atoms with E-state index in [4.69, 9.17) is 15.1 Å². The van der Waals surface area contributed by atoms with Crippen molar-refractivity contribution in [1.82, 2.24) is 0 Å². The van der Waals surface area contributed by atoms with Crippen LogP contribution in [0.4, 0.5) is 18.9 Å². The highest BCUT2D eigenvalue weighted by Crippen LogP contribution is 2.41.